The van der Waals surface area contributed by atoms with Crippen LogP contribution in [0.25, 0.3) is 0 Å². The third kappa shape index (κ3) is 2.95. The second-order valence-corrected chi connectivity index (χ2v) is 3.72. The summed E-state index contributed by atoms with van der Waals surface area (Å²) in [5.41, 5.74) is 6.54. The molecule has 0 spiro atoms. The minimum atomic E-state index is -4.67. The second-order valence-electron chi connectivity index (χ2n) is 3.72. The van der Waals surface area contributed by atoms with Gasteiger partial charge in [-0.2, -0.15) is 0 Å². The van der Waals surface area contributed by atoms with Crippen LogP contribution in [0.5, 0.6) is 5.75 Å². The van der Waals surface area contributed by atoms with Crippen molar-refractivity contribution in [2.24, 2.45) is 0 Å². The summed E-state index contributed by atoms with van der Waals surface area (Å²) in [6, 6.07) is 4.18. The molecular weight excluding hydrogens is 221 g/mol. The number of nitrogen functional groups attached to an aromatic ring is 1. The predicted octanol–water partition coefficient (Wildman–Crippen LogP) is 2.74. The van der Waals surface area contributed by atoms with Gasteiger partial charge in [0.15, 0.2) is 0 Å². The van der Waals surface area contributed by atoms with E-state index in [1.54, 1.807) is 0 Å². The van der Waals surface area contributed by atoms with Gasteiger partial charge in [0.1, 0.15) is 5.75 Å². The van der Waals surface area contributed by atoms with Crippen LogP contribution >= 0.6 is 0 Å². The SMILES string of the molecule is Nc1ccc(OC(F)(F)F)cc1NC1CC1. The van der Waals surface area contributed by atoms with Gasteiger partial charge >= 0.3 is 6.36 Å². The van der Waals surface area contributed by atoms with Crippen LogP contribution in [-0.2, 0) is 0 Å². The van der Waals surface area contributed by atoms with Crippen molar-refractivity contribution in [3.63, 3.8) is 0 Å². The Morgan fingerprint density at radius 3 is 2.56 bits per heavy atom. The fourth-order valence-electron chi connectivity index (χ4n) is 1.31. The van der Waals surface area contributed by atoms with Crippen LogP contribution in [-0.4, -0.2) is 12.4 Å². The monoisotopic (exact) mass is 232 g/mol. The molecule has 1 aliphatic rings. The number of halogens is 3. The summed E-state index contributed by atoms with van der Waals surface area (Å²) in [4.78, 5) is 0. The summed E-state index contributed by atoms with van der Waals surface area (Å²) in [5, 5.41) is 3.04. The number of rotatable bonds is 3. The summed E-state index contributed by atoms with van der Waals surface area (Å²) in [5.74, 6) is -0.259. The van der Waals surface area contributed by atoms with E-state index < -0.39 is 6.36 Å². The summed E-state index contributed by atoms with van der Waals surface area (Å²) in [6.45, 7) is 0. The first-order valence-corrected chi connectivity index (χ1v) is 4.86. The molecule has 0 amide bonds. The van der Waals surface area contributed by atoms with Gasteiger partial charge in [-0.3, -0.25) is 0 Å². The van der Waals surface area contributed by atoms with Gasteiger partial charge in [0, 0.05) is 12.1 Å². The number of nitrogens with two attached hydrogens (primary N) is 1. The fraction of sp³-hybridized carbons (Fsp3) is 0.400. The minimum Gasteiger partial charge on any atom is -0.406 e. The third-order valence-electron chi connectivity index (χ3n) is 2.20. The highest BCUT2D eigenvalue weighted by Gasteiger charge is 2.31. The lowest BCUT2D eigenvalue weighted by atomic mass is 10.2. The Kier molecular flexibility index (Phi) is 2.57. The molecule has 1 aromatic rings. The van der Waals surface area contributed by atoms with Gasteiger partial charge in [-0.15, -0.1) is 13.2 Å². The highest BCUT2D eigenvalue weighted by atomic mass is 19.4. The number of nitrogens with one attached hydrogen (secondary N) is 1. The summed E-state index contributed by atoms with van der Waals surface area (Å²) >= 11 is 0. The predicted molar refractivity (Wildman–Crippen MR) is 54.2 cm³/mol. The molecule has 0 aliphatic heterocycles. The molecule has 0 saturated heterocycles. The van der Waals surface area contributed by atoms with Gasteiger partial charge in [-0.05, 0) is 25.0 Å². The summed E-state index contributed by atoms with van der Waals surface area (Å²) in [7, 11) is 0. The Hall–Kier alpha value is -1.59. The van der Waals surface area contributed by atoms with E-state index in [4.69, 9.17) is 5.73 Å². The van der Waals surface area contributed by atoms with Crippen molar-refractivity contribution >= 4 is 11.4 Å². The Morgan fingerprint density at radius 2 is 2.00 bits per heavy atom. The van der Waals surface area contributed by atoms with Gasteiger partial charge in [0.05, 0.1) is 11.4 Å². The maximum Gasteiger partial charge on any atom is 0.573 e. The topological polar surface area (TPSA) is 47.3 Å². The first-order valence-electron chi connectivity index (χ1n) is 4.86. The van der Waals surface area contributed by atoms with Crippen molar-refractivity contribution in [3.8, 4) is 5.75 Å². The van der Waals surface area contributed by atoms with E-state index in [2.05, 4.69) is 10.1 Å². The molecule has 1 aromatic carbocycles. The van der Waals surface area contributed by atoms with Crippen molar-refractivity contribution in [1.29, 1.82) is 0 Å². The maximum atomic E-state index is 12.0. The van der Waals surface area contributed by atoms with Gasteiger partial charge in [0.25, 0.3) is 0 Å². The molecular formula is C10H11F3N2O. The Balaban J connectivity index is 2.14. The highest BCUT2D eigenvalue weighted by molar-refractivity contribution is 5.68. The molecule has 1 aliphatic carbocycles. The Morgan fingerprint density at radius 1 is 1.31 bits per heavy atom. The van der Waals surface area contributed by atoms with E-state index in [0.717, 1.165) is 12.8 Å². The summed E-state index contributed by atoms with van der Waals surface area (Å²) in [6.07, 6.45) is -2.64. The van der Waals surface area contributed by atoms with Crippen LogP contribution in [0.15, 0.2) is 18.2 Å². The Labute approximate surface area is 90.4 Å². The van der Waals surface area contributed by atoms with Crippen LogP contribution in [0, 0.1) is 0 Å². The largest absolute Gasteiger partial charge is 0.573 e. The zero-order chi connectivity index (χ0) is 11.8. The first kappa shape index (κ1) is 10.9. The maximum absolute atomic E-state index is 12.0. The van der Waals surface area contributed by atoms with E-state index in [1.807, 2.05) is 0 Å². The molecule has 0 atom stereocenters. The van der Waals surface area contributed by atoms with Crippen LogP contribution in [0.4, 0.5) is 24.5 Å². The Bertz CT molecular complexity index is 388. The van der Waals surface area contributed by atoms with Crippen molar-refractivity contribution in [2.45, 2.75) is 25.2 Å². The molecule has 0 bridgehead atoms. The van der Waals surface area contributed by atoms with Gasteiger partial charge in [0.2, 0.25) is 0 Å². The molecule has 0 heterocycles. The smallest absolute Gasteiger partial charge is 0.406 e. The van der Waals surface area contributed by atoms with Gasteiger partial charge in [-0.25, -0.2) is 0 Å². The molecule has 0 aromatic heterocycles. The zero-order valence-corrected chi connectivity index (χ0v) is 8.34. The molecule has 16 heavy (non-hydrogen) atoms. The molecule has 3 nitrogen and oxygen atoms in total. The quantitative estimate of drug-likeness (QED) is 0.788. The van der Waals surface area contributed by atoms with Gasteiger partial charge in [-0.1, -0.05) is 0 Å². The number of hydrogen-bond acceptors (Lipinski definition) is 3. The van der Waals surface area contributed by atoms with Gasteiger partial charge < -0.3 is 15.8 Å². The summed E-state index contributed by atoms with van der Waals surface area (Å²) < 4.78 is 39.7. The first-order chi connectivity index (χ1) is 7.44. The molecule has 2 rings (SSSR count). The zero-order valence-electron chi connectivity index (χ0n) is 8.34. The molecule has 88 valence electrons. The lowest BCUT2D eigenvalue weighted by Gasteiger charge is -2.12. The lowest BCUT2D eigenvalue weighted by molar-refractivity contribution is -0.274. The standard InChI is InChI=1S/C10H11F3N2O/c11-10(12,13)16-7-3-4-8(14)9(5-7)15-6-1-2-6/h3-6,15H,1-2,14H2. The highest BCUT2D eigenvalue weighted by Crippen LogP contribution is 2.32. The fourth-order valence-corrected chi connectivity index (χ4v) is 1.31. The van der Waals surface area contributed by atoms with E-state index in [9.17, 15) is 13.2 Å². The molecule has 0 unspecified atom stereocenters. The number of benzene rings is 1. The normalized spacial score (nSPS) is 15.9. The number of alkyl halides is 3. The van der Waals surface area contributed by atoms with Crippen molar-refractivity contribution < 1.29 is 17.9 Å². The minimum absolute atomic E-state index is 0.259. The van der Waals surface area contributed by atoms with E-state index >= 15 is 0 Å². The van der Waals surface area contributed by atoms with Crippen molar-refractivity contribution in [3.05, 3.63) is 18.2 Å². The average Bonchev–Trinajstić information content (AvgIpc) is 2.92. The van der Waals surface area contributed by atoms with Crippen molar-refractivity contribution in [2.75, 3.05) is 11.1 Å². The molecule has 0 radical (unpaired) electrons. The second kappa shape index (κ2) is 3.77. The van der Waals surface area contributed by atoms with Crippen LogP contribution < -0.4 is 15.8 Å². The molecule has 1 fully saturated rings. The van der Waals surface area contributed by atoms with Crippen LogP contribution in [0.3, 0.4) is 0 Å². The lowest BCUT2D eigenvalue weighted by Crippen LogP contribution is -2.17. The van der Waals surface area contributed by atoms with Crippen LogP contribution in [0.2, 0.25) is 0 Å². The molecule has 3 N–H and O–H groups in total. The molecule has 1 saturated carbocycles. The van der Waals surface area contributed by atoms with Crippen LogP contribution in [0.1, 0.15) is 12.8 Å². The molecule has 6 heteroatoms. The number of hydrogen-bond donors (Lipinski definition) is 2. The number of anilines is 2. The van der Waals surface area contributed by atoms with Crippen molar-refractivity contribution in [1.82, 2.24) is 0 Å². The third-order valence-corrected chi connectivity index (χ3v) is 2.20. The number of ether oxygens (including phenoxy) is 1. The average molecular weight is 232 g/mol. The van der Waals surface area contributed by atoms with E-state index in [-0.39, 0.29) is 5.75 Å². The van der Waals surface area contributed by atoms with E-state index in [0.29, 0.717) is 17.4 Å². The van der Waals surface area contributed by atoms with E-state index in [1.165, 1.54) is 18.2 Å².